The van der Waals surface area contributed by atoms with Crippen LogP contribution in [0, 0.1) is 0 Å². The quantitative estimate of drug-likeness (QED) is 0.648. The van der Waals surface area contributed by atoms with Crippen LogP contribution in [-0.2, 0) is 10.0 Å². The van der Waals surface area contributed by atoms with Gasteiger partial charge in [-0.1, -0.05) is 6.92 Å². The normalized spacial score (nSPS) is 11.5. The minimum atomic E-state index is -3.49. The molecule has 0 spiro atoms. The molecule has 2 N–H and O–H groups in total. The van der Waals surface area contributed by atoms with Crippen LogP contribution in [0.4, 0.5) is 5.82 Å². The zero-order valence-corrected chi connectivity index (χ0v) is 13.7. The van der Waals surface area contributed by atoms with E-state index < -0.39 is 10.0 Å². The molecule has 0 aromatic carbocycles. The Morgan fingerprint density at radius 3 is 2.80 bits per heavy atom. The predicted octanol–water partition coefficient (Wildman–Crippen LogP) is 2.33. The SMILES string of the molecule is CCCNc1ncccc1S(=O)(=O)NCCCCSC. The lowest BCUT2D eigenvalue weighted by atomic mass is 10.3. The van der Waals surface area contributed by atoms with Crippen LogP contribution in [0.3, 0.4) is 0 Å². The minimum Gasteiger partial charge on any atom is -0.369 e. The Hall–Kier alpha value is -0.790. The van der Waals surface area contributed by atoms with Gasteiger partial charge < -0.3 is 5.32 Å². The molecule has 0 bridgehead atoms. The minimum absolute atomic E-state index is 0.221. The summed E-state index contributed by atoms with van der Waals surface area (Å²) in [7, 11) is -3.49. The second kappa shape index (κ2) is 9.20. The third kappa shape index (κ3) is 5.68. The second-order valence-electron chi connectivity index (χ2n) is 4.37. The van der Waals surface area contributed by atoms with Gasteiger partial charge in [-0.2, -0.15) is 11.8 Å². The van der Waals surface area contributed by atoms with Crippen molar-refractivity contribution < 1.29 is 8.42 Å². The Kier molecular flexibility index (Phi) is 7.94. The molecule has 5 nitrogen and oxygen atoms in total. The molecular weight excluding hydrogens is 294 g/mol. The maximum absolute atomic E-state index is 12.3. The Morgan fingerprint density at radius 2 is 2.10 bits per heavy atom. The van der Waals surface area contributed by atoms with Crippen molar-refractivity contribution in [1.82, 2.24) is 9.71 Å². The van der Waals surface area contributed by atoms with E-state index >= 15 is 0 Å². The lowest BCUT2D eigenvalue weighted by Crippen LogP contribution is -2.26. The molecule has 0 aliphatic rings. The molecule has 1 heterocycles. The first-order valence-electron chi connectivity index (χ1n) is 6.79. The van der Waals surface area contributed by atoms with Gasteiger partial charge in [-0.3, -0.25) is 0 Å². The van der Waals surface area contributed by atoms with E-state index in [1.165, 1.54) is 0 Å². The van der Waals surface area contributed by atoms with Gasteiger partial charge in [0.25, 0.3) is 0 Å². The van der Waals surface area contributed by atoms with Crippen molar-refractivity contribution in [2.45, 2.75) is 31.1 Å². The number of anilines is 1. The fourth-order valence-electron chi connectivity index (χ4n) is 1.64. The second-order valence-corrected chi connectivity index (χ2v) is 7.10. The monoisotopic (exact) mass is 317 g/mol. The van der Waals surface area contributed by atoms with Gasteiger partial charge in [0.1, 0.15) is 10.7 Å². The summed E-state index contributed by atoms with van der Waals surface area (Å²) in [6.45, 7) is 3.19. The van der Waals surface area contributed by atoms with E-state index in [0.717, 1.165) is 25.0 Å². The number of hydrogen-bond acceptors (Lipinski definition) is 5. The molecule has 7 heteroatoms. The average molecular weight is 317 g/mol. The van der Waals surface area contributed by atoms with Gasteiger partial charge in [0, 0.05) is 19.3 Å². The number of hydrogen-bond donors (Lipinski definition) is 2. The molecule has 114 valence electrons. The van der Waals surface area contributed by atoms with Crippen LogP contribution in [0.1, 0.15) is 26.2 Å². The Balaban J connectivity index is 2.66. The predicted molar refractivity (Wildman–Crippen MR) is 85.8 cm³/mol. The molecule has 0 saturated heterocycles. The molecule has 0 atom stereocenters. The fraction of sp³-hybridized carbons (Fsp3) is 0.615. The first-order chi connectivity index (χ1) is 9.61. The molecule has 1 aromatic rings. The summed E-state index contributed by atoms with van der Waals surface area (Å²) in [5.74, 6) is 1.48. The highest BCUT2D eigenvalue weighted by molar-refractivity contribution is 7.98. The Morgan fingerprint density at radius 1 is 1.30 bits per heavy atom. The average Bonchev–Trinajstić information content (AvgIpc) is 2.45. The molecule has 0 aliphatic carbocycles. The zero-order valence-electron chi connectivity index (χ0n) is 12.1. The lowest BCUT2D eigenvalue weighted by molar-refractivity contribution is 0.578. The van der Waals surface area contributed by atoms with Crippen molar-refractivity contribution >= 4 is 27.6 Å². The van der Waals surface area contributed by atoms with Crippen LogP contribution >= 0.6 is 11.8 Å². The number of pyridine rings is 1. The summed E-state index contributed by atoms with van der Waals surface area (Å²) >= 11 is 1.77. The van der Waals surface area contributed by atoms with E-state index in [1.807, 2.05) is 13.2 Å². The summed E-state index contributed by atoms with van der Waals surface area (Å²) < 4.78 is 27.1. The number of nitrogens with one attached hydrogen (secondary N) is 2. The fourth-order valence-corrected chi connectivity index (χ4v) is 3.34. The summed E-state index contributed by atoms with van der Waals surface area (Å²) in [6.07, 6.45) is 6.41. The van der Waals surface area contributed by atoms with Gasteiger partial charge >= 0.3 is 0 Å². The first kappa shape index (κ1) is 17.3. The van der Waals surface area contributed by atoms with Crippen molar-refractivity contribution in [3.63, 3.8) is 0 Å². The zero-order chi connectivity index (χ0) is 14.8. The first-order valence-corrected chi connectivity index (χ1v) is 9.67. The van der Waals surface area contributed by atoms with Crippen molar-refractivity contribution in [3.05, 3.63) is 18.3 Å². The number of nitrogens with zero attached hydrogens (tertiary/aromatic N) is 1. The van der Waals surface area contributed by atoms with Crippen molar-refractivity contribution in [1.29, 1.82) is 0 Å². The van der Waals surface area contributed by atoms with E-state index in [-0.39, 0.29) is 4.90 Å². The van der Waals surface area contributed by atoms with Crippen LogP contribution in [0.2, 0.25) is 0 Å². The summed E-state index contributed by atoms with van der Waals surface area (Å²) in [5, 5.41) is 3.05. The summed E-state index contributed by atoms with van der Waals surface area (Å²) in [4.78, 5) is 4.33. The maximum Gasteiger partial charge on any atom is 0.244 e. The highest BCUT2D eigenvalue weighted by Gasteiger charge is 2.18. The maximum atomic E-state index is 12.3. The molecule has 0 radical (unpaired) electrons. The molecule has 1 aromatic heterocycles. The molecule has 0 unspecified atom stereocenters. The van der Waals surface area contributed by atoms with E-state index in [2.05, 4.69) is 15.0 Å². The smallest absolute Gasteiger partial charge is 0.244 e. The molecule has 0 saturated carbocycles. The highest BCUT2D eigenvalue weighted by Crippen LogP contribution is 2.17. The topological polar surface area (TPSA) is 71.1 Å². The van der Waals surface area contributed by atoms with Crippen LogP contribution in [0.25, 0.3) is 0 Å². The van der Waals surface area contributed by atoms with Crippen molar-refractivity contribution in [2.75, 3.05) is 30.4 Å². The standard InChI is InChI=1S/C13H23N3O2S2/c1-3-8-14-13-12(7-6-9-15-13)20(17,18)16-10-4-5-11-19-2/h6-7,9,16H,3-5,8,10-11H2,1-2H3,(H,14,15). The van der Waals surface area contributed by atoms with E-state index in [9.17, 15) is 8.42 Å². The number of sulfonamides is 1. The van der Waals surface area contributed by atoms with Gasteiger partial charge in [0.05, 0.1) is 0 Å². The van der Waals surface area contributed by atoms with Gasteiger partial charge in [0.15, 0.2) is 0 Å². The molecule has 20 heavy (non-hydrogen) atoms. The van der Waals surface area contributed by atoms with Crippen LogP contribution in [-0.4, -0.2) is 38.5 Å². The van der Waals surface area contributed by atoms with Gasteiger partial charge in [-0.05, 0) is 43.4 Å². The molecule has 1 rings (SSSR count). The molecular formula is C13H23N3O2S2. The van der Waals surface area contributed by atoms with Crippen LogP contribution in [0.15, 0.2) is 23.2 Å². The molecule has 0 fully saturated rings. The third-order valence-corrected chi connectivity index (χ3v) is 4.86. The molecule has 0 aliphatic heterocycles. The third-order valence-electron chi connectivity index (χ3n) is 2.67. The van der Waals surface area contributed by atoms with Crippen LogP contribution < -0.4 is 10.0 Å². The summed E-state index contributed by atoms with van der Waals surface area (Å²) in [5.41, 5.74) is 0. The Labute approximate surface area is 126 Å². The highest BCUT2D eigenvalue weighted by atomic mass is 32.2. The van der Waals surface area contributed by atoms with Crippen molar-refractivity contribution in [3.8, 4) is 0 Å². The van der Waals surface area contributed by atoms with E-state index in [0.29, 0.717) is 18.9 Å². The number of aromatic nitrogens is 1. The van der Waals surface area contributed by atoms with Crippen molar-refractivity contribution in [2.24, 2.45) is 0 Å². The van der Waals surface area contributed by atoms with Crippen LogP contribution in [0.5, 0.6) is 0 Å². The largest absolute Gasteiger partial charge is 0.369 e. The van der Waals surface area contributed by atoms with E-state index in [4.69, 9.17) is 0 Å². The number of rotatable bonds is 10. The molecule has 0 amide bonds. The van der Waals surface area contributed by atoms with E-state index in [1.54, 1.807) is 30.1 Å². The van der Waals surface area contributed by atoms with Gasteiger partial charge in [-0.15, -0.1) is 0 Å². The van der Waals surface area contributed by atoms with Gasteiger partial charge in [0.2, 0.25) is 10.0 Å². The van der Waals surface area contributed by atoms with Gasteiger partial charge in [-0.25, -0.2) is 18.1 Å². The number of thioether (sulfide) groups is 1. The summed E-state index contributed by atoms with van der Waals surface area (Å²) in [6, 6.07) is 3.22. The number of unbranched alkanes of at least 4 members (excludes halogenated alkanes) is 1. The lowest BCUT2D eigenvalue weighted by Gasteiger charge is -2.11. The Bertz CT molecular complexity index is 492.